The maximum atomic E-state index is 14.0. The van der Waals surface area contributed by atoms with E-state index in [2.05, 4.69) is 25.4 Å². The second-order valence-corrected chi connectivity index (χ2v) is 8.41. The van der Waals surface area contributed by atoms with Gasteiger partial charge in [-0.2, -0.15) is 0 Å². The van der Waals surface area contributed by atoms with Gasteiger partial charge in [-0.1, -0.05) is 15.9 Å². The van der Waals surface area contributed by atoms with Crippen LogP contribution in [0.15, 0.2) is 22.7 Å². The number of carbonyl (C=O) groups is 1. The maximum absolute atomic E-state index is 14.0. The van der Waals surface area contributed by atoms with Crippen LogP contribution in [-0.4, -0.2) is 22.0 Å². The summed E-state index contributed by atoms with van der Waals surface area (Å²) in [6, 6.07) is 3.70. The minimum atomic E-state index is -1.44. The molecule has 0 saturated carbocycles. The molecule has 0 spiro atoms. The lowest BCUT2D eigenvalue weighted by Crippen LogP contribution is -2.37. The van der Waals surface area contributed by atoms with E-state index >= 15 is 0 Å². The second kappa shape index (κ2) is 7.47. The van der Waals surface area contributed by atoms with Crippen molar-refractivity contribution in [1.29, 1.82) is 0 Å². The van der Waals surface area contributed by atoms with Crippen LogP contribution >= 0.6 is 15.9 Å². The Morgan fingerprint density at radius 1 is 1.48 bits per heavy atom. The first-order chi connectivity index (χ1) is 9.65. The van der Waals surface area contributed by atoms with Gasteiger partial charge >= 0.3 is 5.97 Å². The smallest absolute Gasteiger partial charge is 0.307 e. The zero-order valence-corrected chi connectivity index (χ0v) is 14.8. The summed E-state index contributed by atoms with van der Waals surface area (Å²) in [5.41, 5.74) is 0.271. The molecule has 1 aromatic carbocycles. The summed E-state index contributed by atoms with van der Waals surface area (Å²) in [6.07, 6.45) is -0.105. The quantitative estimate of drug-likeness (QED) is 0.798. The molecule has 7 heteroatoms. The van der Waals surface area contributed by atoms with E-state index in [1.807, 2.05) is 0 Å². The topological polar surface area (TPSA) is 55.4 Å². The number of methoxy groups -OCH3 is 1. The predicted molar refractivity (Wildman–Crippen MR) is 84.5 cm³/mol. The van der Waals surface area contributed by atoms with E-state index < -0.39 is 33.6 Å². The third-order valence-corrected chi connectivity index (χ3v) is 4.84. The van der Waals surface area contributed by atoms with Gasteiger partial charge in [0.05, 0.1) is 35.3 Å². The van der Waals surface area contributed by atoms with E-state index in [0.29, 0.717) is 4.47 Å². The van der Waals surface area contributed by atoms with Crippen molar-refractivity contribution < 1.29 is 18.1 Å². The summed E-state index contributed by atoms with van der Waals surface area (Å²) < 4.78 is 33.8. The van der Waals surface area contributed by atoms with Crippen LogP contribution in [0.1, 0.15) is 38.8 Å². The van der Waals surface area contributed by atoms with Gasteiger partial charge in [0.25, 0.3) is 0 Å². The van der Waals surface area contributed by atoms with Gasteiger partial charge in [0.2, 0.25) is 0 Å². The Balaban J connectivity index is 3.10. The van der Waals surface area contributed by atoms with E-state index in [0.717, 1.165) is 0 Å². The van der Waals surface area contributed by atoms with Crippen molar-refractivity contribution in [2.75, 3.05) is 7.11 Å². The first kappa shape index (κ1) is 18.3. The van der Waals surface area contributed by atoms with Gasteiger partial charge in [-0.3, -0.25) is 4.79 Å². The van der Waals surface area contributed by atoms with Gasteiger partial charge in [0.1, 0.15) is 5.82 Å². The molecule has 0 aliphatic rings. The summed E-state index contributed by atoms with van der Waals surface area (Å²) in [5, 5.41) is 0. The van der Waals surface area contributed by atoms with E-state index in [4.69, 9.17) is 0 Å². The normalized spacial score (nSPS) is 14.6. The van der Waals surface area contributed by atoms with Crippen molar-refractivity contribution in [1.82, 2.24) is 4.72 Å². The monoisotopic (exact) mass is 379 g/mol. The zero-order valence-electron chi connectivity index (χ0n) is 12.4. The highest BCUT2D eigenvalue weighted by Gasteiger charge is 2.27. The number of ether oxygens (including phenoxy) is 1. The van der Waals surface area contributed by atoms with Crippen LogP contribution in [0.5, 0.6) is 0 Å². The summed E-state index contributed by atoms with van der Waals surface area (Å²) in [7, 11) is -0.180. The number of esters is 1. The highest BCUT2D eigenvalue weighted by atomic mass is 79.9. The Kier molecular flexibility index (Phi) is 6.49. The summed E-state index contributed by atoms with van der Waals surface area (Å²) in [5.74, 6) is -0.969. The van der Waals surface area contributed by atoms with Crippen molar-refractivity contribution in [3.63, 3.8) is 0 Å². The third kappa shape index (κ3) is 5.48. The molecule has 118 valence electrons. The van der Waals surface area contributed by atoms with Gasteiger partial charge in [0.15, 0.2) is 0 Å². The van der Waals surface area contributed by atoms with Crippen LogP contribution in [-0.2, 0) is 20.5 Å². The second-order valence-electron chi connectivity index (χ2n) is 5.50. The zero-order chi connectivity index (χ0) is 16.2. The van der Waals surface area contributed by atoms with Crippen molar-refractivity contribution >= 4 is 32.9 Å². The number of hydrogen-bond donors (Lipinski definition) is 1. The molecule has 0 aromatic heterocycles. The largest absolute Gasteiger partial charge is 0.469 e. The number of hydrogen-bond acceptors (Lipinski definition) is 3. The fourth-order valence-electron chi connectivity index (χ4n) is 1.55. The van der Waals surface area contributed by atoms with Crippen molar-refractivity contribution in [3.05, 3.63) is 34.1 Å². The third-order valence-electron chi connectivity index (χ3n) is 2.74. The van der Waals surface area contributed by atoms with E-state index in [1.54, 1.807) is 32.9 Å². The molecule has 0 amide bonds. The van der Waals surface area contributed by atoms with Gasteiger partial charge < -0.3 is 4.74 Å². The maximum Gasteiger partial charge on any atom is 0.307 e. The minimum Gasteiger partial charge on any atom is -0.469 e. The average Bonchev–Trinajstić information content (AvgIpc) is 2.39. The highest BCUT2D eigenvalue weighted by Crippen LogP contribution is 2.26. The summed E-state index contributed by atoms with van der Waals surface area (Å²) in [4.78, 5) is 11.5. The van der Waals surface area contributed by atoms with E-state index in [-0.39, 0.29) is 12.0 Å². The molecule has 4 nitrogen and oxygen atoms in total. The Morgan fingerprint density at radius 3 is 2.62 bits per heavy atom. The number of halogens is 2. The molecule has 1 rings (SSSR count). The number of carbonyl (C=O) groups excluding carboxylic acids is 1. The van der Waals surface area contributed by atoms with Gasteiger partial charge in [-0.05, 0) is 39.0 Å². The van der Waals surface area contributed by atoms with Crippen LogP contribution in [0.25, 0.3) is 0 Å². The fraction of sp³-hybridized carbons (Fsp3) is 0.500. The molecule has 1 N–H and O–H groups in total. The molecule has 0 saturated heterocycles. The summed E-state index contributed by atoms with van der Waals surface area (Å²) >= 11 is 3.27. The van der Waals surface area contributed by atoms with Crippen LogP contribution in [0.3, 0.4) is 0 Å². The lowest BCUT2D eigenvalue weighted by atomic mass is 10.0. The molecule has 21 heavy (non-hydrogen) atoms. The average molecular weight is 380 g/mol. The SMILES string of the molecule is COC(=O)C[C@H](NS(=O)C(C)(C)C)c1cc(Br)ccc1F. The molecule has 1 aromatic rings. The van der Waals surface area contributed by atoms with Crippen LogP contribution < -0.4 is 4.72 Å². The molecule has 0 fully saturated rings. The Hall–Kier alpha value is -0.790. The molecule has 0 aliphatic heterocycles. The summed E-state index contributed by atoms with van der Waals surface area (Å²) in [6.45, 7) is 5.38. The molecule has 2 atom stereocenters. The lowest BCUT2D eigenvalue weighted by Gasteiger charge is -2.24. The van der Waals surface area contributed by atoms with Crippen molar-refractivity contribution in [3.8, 4) is 0 Å². The van der Waals surface area contributed by atoms with E-state index in [9.17, 15) is 13.4 Å². The van der Waals surface area contributed by atoms with Gasteiger partial charge in [-0.15, -0.1) is 0 Å². The first-order valence-electron chi connectivity index (χ1n) is 6.35. The molecule has 0 bridgehead atoms. The lowest BCUT2D eigenvalue weighted by molar-refractivity contribution is -0.141. The Bertz CT molecular complexity index is 546. The highest BCUT2D eigenvalue weighted by molar-refractivity contribution is 9.10. The van der Waals surface area contributed by atoms with Gasteiger partial charge in [0, 0.05) is 10.0 Å². The Morgan fingerprint density at radius 2 is 2.10 bits per heavy atom. The van der Waals surface area contributed by atoms with Crippen molar-refractivity contribution in [2.24, 2.45) is 0 Å². The minimum absolute atomic E-state index is 0.105. The predicted octanol–water partition coefficient (Wildman–Crippen LogP) is 3.24. The number of rotatable bonds is 5. The first-order valence-corrected chi connectivity index (χ1v) is 8.29. The number of nitrogens with one attached hydrogen (secondary N) is 1. The van der Waals surface area contributed by atoms with Crippen molar-refractivity contribution in [2.45, 2.75) is 38.0 Å². The molecule has 1 unspecified atom stereocenters. The molecule has 0 radical (unpaired) electrons. The van der Waals surface area contributed by atoms with Crippen LogP contribution in [0.4, 0.5) is 4.39 Å². The van der Waals surface area contributed by atoms with Crippen LogP contribution in [0, 0.1) is 5.82 Å². The molecular formula is C14H19BrFNO3S. The standard InChI is InChI=1S/C14H19BrFNO3S/c1-14(2,3)21(19)17-12(8-13(18)20-4)10-7-9(15)5-6-11(10)16/h5-7,12,17H,8H2,1-4H3/t12-,21?/m0/s1. The Labute approximate surface area is 135 Å². The molecule has 0 aliphatic carbocycles. The van der Waals surface area contributed by atoms with E-state index in [1.165, 1.54) is 13.2 Å². The molecule has 0 heterocycles. The van der Waals surface area contributed by atoms with Crippen LogP contribution in [0.2, 0.25) is 0 Å². The fourth-order valence-corrected chi connectivity index (χ4v) is 2.75. The van der Waals surface area contributed by atoms with Gasteiger partial charge in [-0.25, -0.2) is 13.3 Å². The number of benzene rings is 1. The molecular weight excluding hydrogens is 361 g/mol.